The number of halogens is 1. The Bertz CT molecular complexity index is 436. The first kappa shape index (κ1) is 7.89. The van der Waals surface area contributed by atoms with Crippen molar-refractivity contribution in [3.8, 4) is 0 Å². The Morgan fingerprint density at radius 3 is 2.75 bits per heavy atom. The molecular formula is C8H7BrN2S. The zero-order valence-corrected chi connectivity index (χ0v) is 8.58. The lowest BCUT2D eigenvalue weighted by Gasteiger charge is -1.97. The Labute approximate surface area is 82.3 Å². The van der Waals surface area contributed by atoms with Crippen LogP contribution in [0.4, 0.5) is 10.7 Å². The SMILES string of the molecule is Nc1cc2ccc(N)c(Br)c2s1. The summed E-state index contributed by atoms with van der Waals surface area (Å²) in [5.74, 6) is 0. The largest absolute Gasteiger partial charge is 0.398 e. The van der Waals surface area contributed by atoms with Gasteiger partial charge in [-0.05, 0) is 33.4 Å². The van der Waals surface area contributed by atoms with Crippen LogP contribution in [0.15, 0.2) is 22.7 Å². The Hall–Kier alpha value is -0.740. The molecule has 0 fully saturated rings. The minimum Gasteiger partial charge on any atom is -0.398 e. The van der Waals surface area contributed by atoms with Crippen molar-refractivity contribution in [3.05, 3.63) is 22.7 Å². The van der Waals surface area contributed by atoms with E-state index in [4.69, 9.17) is 11.5 Å². The van der Waals surface area contributed by atoms with Gasteiger partial charge in [0.15, 0.2) is 0 Å². The van der Waals surface area contributed by atoms with Gasteiger partial charge in [0.25, 0.3) is 0 Å². The molecule has 2 aromatic rings. The summed E-state index contributed by atoms with van der Waals surface area (Å²) >= 11 is 4.97. The minimum absolute atomic E-state index is 0.754. The highest BCUT2D eigenvalue weighted by Gasteiger charge is 2.04. The second-order valence-corrected chi connectivity index (χ2v) is 4.41. The average Bonchev–Trinajstić information content (AvgIpc) is 2.39. The molecule has 1 heterocycles. The minimum atomic E-state index is 0.754. The summed E-state index contributed by atoms with van der Waals surface area (Å²) in [7, 11) is 0. The highest BCUT2D eigenvalue weighted by Crippen LogP contribution is 2.36. The van der Waals surface area contributed by atoms with Crippen LogP contribution in [0.25, 0.3) is 10.1 Å². The van der Waals surface area contributed by atoms with Gasteiger partial charge in [0.2, 0.25) is 0 Å². The van der Waals surface area contributed by atoms with Gasteiger partial charge in [-0.2, -0.15) is 0 Å². The van der Waals surface area contributed by atoms with E-state index in [0.717, 1.165) is 25.2 Å². The van der Waals surface area contributed by atoms with Crippen LogP contribution in [0, 0.1) is 0 Å². The highest BCUT2D eigenvalue weighted by molar-refractivity contribution is 9.10. The van der Waals surface area contributed by atoms with Crippen LogP contribution >= 0.6 is 27.3 Å². The molecule has 2 nitrogen and oxygen atoms in total. The van der Waals surface area contributed by atoms with Gasteiger partial charge in [0.1, 0.15) is 0 Å². The van der Waals surface area contributed by atoms with E-state index in [1.54, 1.807) is 11.3 Å². The number of rotatable bonds is 0. The average molecular weight is 243 g/mol. The first-order valence-corrected chi connectivity index (χ1v) is 5.02. The number of fused-ring (bicyclic) bond motifs is 1. The van der Waals surface area contributed by atoms with Gasteiger partial charge >= 0.3 is 0 Å². The molecular weight excluding hydrogens is 236 g/mol. The first-order valence-electron chi connectivity index (χ1n) is 3.41. The summed E-state index contributed by atoms with van der Waals surface area (Å²) in [5.41, 5.74) is 12.1. The fraction of sp³-hybridized carbons (Fsp3) is 0. The lowest BCUT2D eigenvalue weighted by atomic mass is 10.2. The van der Waals surface area contributed by atoms with Gasteiger partial charge in [0.05, 0.1) is 14.2 Å². The van der Waals surface area contributed by atoms with Crippen molar-refractivity contribution in [2.24, 2.45) is 0 Å². The lowest BCUT2D eigenvalue weighted by molar-refractivity contribution is 1.74. The Balaban J connectivity index is 2.89. The summed E-state index contributed by atoms with van der Waals surface area (Å²) in [5, 5.41) is 1.95. The summed E-state index contributed by atoms with van der Waals surface area (Å²) in [6.45, 7) is 0. The maximum atomic E-state index is 5.71. The third kappa shape index (κ3) is 1.07. The third-order valence-electron chi connectivity index (χ3n) is 1.68. The molecule has 0 aliphatic rings. The van der Waals surface area contributed by atoms with Gasteiger partial charge in [-0.25, -0.2) is 0 Å². The summed E-state index contributed by atoms with van der Waals surface area (Å²) in [4.78, 5) is 0. The maximum Gasteiger partial charge on any atom is 0.0869 e. The molecule has 0 saturated heterocycles. The summed E-state index contributed by atoms with van der Waals surface area (Å²) in [6.07, 6.45) is 0. The van der Waals surface area contributed by atoms with Gasteiger partial charge < -0.3 is 11.5 Å². The maximum absolute atomic E-state index is 5.71. The molecule has 4 N–H and O–H groups in total. The quantitative estimate of drug-likeness (QED) is 0.699. The lowest BCUT2D eigenvalue weighted by Crippen LogP contribution is -1.84. The van der Waals surface area contributed by atoms with E-state index < -0.39 is 0 Å². The van der Waals surface area contributed by atoms with Crippen molar-refractivity contribution < 1.29 is 0 Å². The second kappa shape index (κ2) is 2.64. The smallest absolute Gasteiger partial charge is 0.0869 e. The van der Waals surface area contributed by atoms with Crippen LogP contribution in [0.1, 0.15) is 0 Å². The highest BCUT2D eigenvalue weighted by atomic mass is 79.9. The number of hydrogen-bond acceptors (Lipinski definition) is 3. The van der Waals surface area contributed by atoms with E-state index in [-0.39, 0.29) is 0 Å². The van der Waals surface area contributed by atoms with E-state index in [1.165, 1.54) is 0 Å². The monoisotopic (exact) mass is 242 g/mol. The van der Waals surface area contributed by atoms with Crippen LogP contribution in [-0.4, -0.2) is 0 Å². The predicted molar refractivity (Wildman–Crippen MR) is 58.3 cm³/mol. The van der Waals surface area contributed by atoms with Crippen molar-refractivity contribution in [1.82, 2.24) is 0 Å². The topological polar surface area (TPSA) is 52.0 Å². The summed E-state index contributed by atoms with van der Waals surface area (Å²) < 4.78 is 2.06. The van der Waals surface area contributed by atoms with Gasteiger partial charge in [-0.3, -0.25) is 0 Å². The fourth-order valence-corrected chi connectivity index (χ4v) is 2.58. The molecule has 0 unspecified atom stereocenters. The first-order chi connectivity index (χ1) is 5.68. The molecule has 12 heavy (non-hydrogen) atoms. The third-order valence-corrected chi connectivity index (χ3v) is 3.79. The van der Waals surface area contributed by atoms with E-state index in [9.17, 15) is 0 Å². The Kier molecular flexibility index (Phi) is 1.73. The number of hydrogen-bond donors (Lipinski definition) is 2. The molecule has 1 aromatic carbocycles. The van der Waals surface area contributed by atoms with Crippen LogP contribution in [0.2, 0.25) is 0 Å². The van der Waals surface area contributed by atoms with E-state index in [2.05, 4.69) is 15.9 Å². The van der Waals surface area contributed by atoms with Crippen LogP contribution in [-0.2, 0) is 0 Å². The van der Waals surface area contributed by atoms with Crippen molar-refractivity contribution in [3.63, 3.8) is 0 Å². The Morgan fingerprint density at radius 2 is 2.00 bits per heavy atom. The molecule has 0 bridgehead atoms. The molecule has 62 valence electrons. The zero-order valence-electron chi connectivity index (χ0n) is 6.17. The number of thiophene rings is 1. The predicted octanol–water partition coefficient (Wildman–Crippen LogP) is 2.83. The molecule has 0 atom stereocenters. The van der Waals surface area contributed by atoms with E-state index in [0.29, 0.717) is 0 Å². The number of anilines is 2. The van der Waals surface area contributed by atoms with E-state index in [1.807, 2.05) is 18.2 Å². The van der Waals surface area contributed by atoms with Crippen molar-refractivity contribution >= 4 is 48.0 Å². The number of benzene rings is 1. The number of nitrogen functional groups attached to an aromatic ring is 2. The molecule has 1 aromatic heterocycles. The molecule has 2 rings (SSSR count). The summed E-state index contributed by atoms with van der Waals surface area (Å²) in [6, 6.07) is 5.80. The molecule has 4 heteroatoms. The normalized spacial score (nSPS) is 10.8. The van der Waals surface area contributed by atoms with Crippen molar-refractivity contribution in [2.45, 2.75) is 0 Å². The zero-order chi connectivity index (χ0) is 8.72. The molecule has 0 saturated carbocycles. The van der Waals surface area contributed by atoms with Gasteiger partial charge in [0, 0.05) is 5.69 Å². The molecule has 0 aliphatic heterocycles. The van der Waals surface area contributed by atoms with Gasteiger partial charge in [-0.1, -0.05) is 6.07 Å². The van der Waals surface area contributed by atoms with Crippen LogP contribution < -0.4 is 11.5 Å². The fourth-order valence-electron chi connectivity index (χ4n) is 1.10. The molecule has 0 spiro atoms. The molecule has 0 radical (unpaired) electrons. The van der Waals surface area contributed by atoms with E-state index >= 15 is 0 Å². The molecule has 0 aliphatic carbocycles. The van der Waals surface area contributed by atoms with Gasteiger partial charge in [-0.15, -0.1) is 11.3 Å². The number of nitrogens with two attached hydrogens (primary N) is 2. The van der Waals surface area contributed by atoms with Crippen LogP contribution in [0.3, 0.4) is 0 Å². The standard InChI is InChI=1S/C8H7BrN2S/c9-7-5(10)2-1-4-3-6(11)12-8(4)7/h1-3H,10-11H2. The second-order valence-electron chi connectivity index (χ2n) is 2.54. The Morgan fingerprint density at radius 1 is 1.25 bits per heavy atom. The van der Waals surface area contributed by atoms with Crippen molar-refractivity contribution in [1.29, 1.82) is 0 Å². The molecule has 0 amide bonds. The van der Waals surface area contributed by atoms with Crippen LogP contribution in [0.5, 0.6) is 0 Å². The van der Waals surface area contributed by atoms with Crippen molar-refractivity contribution in [2.75, 3.05) is 11.5 Å².